The molecule has 0 spiro atoms. The number of ether oxygens (including phenoxy) is 1. The summed E-state index contributed by atoms with van der Waals surface area (Å²) in [7, 11) is 1.38. The molecule has 1 amide bonds. The summed E-state index contributed by atoms with van der Waals surface area (Å²) >= 11 is 0. The molecule has 0 unspecified atom stereocenters. The summed E-state index contributed by atoms with van der Waals surface area (Å²) in [5.41, 5.74) is 0.838. The summed E-state index contributed by atoms with van der Waals surface area (Å²) in [6, 6.07) is 10.8. The van der Waals surface area contributed by atoms with Crippen LogP contribution in [0.3, 0.4) is 0 Å². The van der Waals surface area contributed by atoms with E-state index in [1.54, 1.807) is 24.3 Å². The standard InChI is InChI=1S/C15H15N3O3/c1-20-17-14(10-16)12-6-5-9-18(11-12)15(19)21-13-7-3-2-4-8-13/h2-4,6-8H,5,9,11H2,1H3. The third-order valence-electron chi connectivity index (χ3n) is 2.95. The van der Waals surface area contributed by atoms with Crippen molar-refractivity contribution in [1.82, 2.24) is 4.90 Å². The minimum absolute atomic E-state index is 0.176. The number of carbonyl (C=O) groups is 1. The highest BCUT2D eigenvalue weighted by atomic mass is 16.6. The van der Waals surface area contributed by atoms with Gasteiger partial charge in [0, 0.05) is 12.1 Å². The smallest absolute Gasteiger partial charge is 0.410 e. The highest BCUT2D eigenvalue weighted by molar-refractivity contribution is 6.11. The Hall–Kier alpha value is -2.81. The average molecular weight is 285 g/mol. The van der Waals surface area contributed by atoms with Gasteiger partial charge in [0.2, 0.25) is 0 Å². The quantitative estimate of drug-likeness (QED) is 0.631. The molecule has 0 N–H and O–H groups in total. The van der Waals surface area contributed by atoms with Crippen LogP contribution in [0.25, 0.3) is 0 Å². The van der Waals surface area contributed by atoms with Gasteiger partial charge in [-0.15, -0.1) is 0 Å². The molecular formula is C15H15N3O3. The van der Waals surface area contributed by atoms with E-state index in [9.17, 15) is 4.79 Å². The highest BCUT2D eigenvalue weighted by Crippen LogP contribution is 2.15. The molecule has 0 aliphatic carbocycles. The molecule has 0 saturated carbocycles. The lowest BCUT2D eigenvalue weighted by Gasteiger charge is -2.25. The lowest BCUT2D eigenvalue weighted by molar-refractivity contribution is 0.155. The Kier molecular flexibility index (Phi) is 4.94. The van der Waals surface area contributed by atoms with Crippen LogP contribution < -0.4 is 4.74 Å². The Balaban J connectivity index is 2.03. The number of benzene rings is 1. The van der Waals surface area contributed by atoms with Gasteiger partial charge in [-0.3, -0.25) is 0 Å². The predicted octanol–water partition coefficient (Wildman–Crippen LogP) is 2.34. The first-order valence-corrected chi connectivity index (χ1v) is 6.47. The van der Waals surface area contributed by atoms with E-state index >= 15 is 0 Å². The molecule has 0 saturated heterocycles. The zero-order valence-corrected chi connectivity index (χ0v) is 11.7. The zero-order chi connectivity index (χ0) is 15.1. The largest absolute Gasteiger partial charge is 0.415 e. The number of carbonyl (C=O) groups excluding carboxylic acids is 1. The van der Waals surface area contributed by atoms with Gasteiger partial charge in [-0.25, -0.2) is 4.79 Å². The van der Waals surface area contributed by atoms with Gasteiger partial charge >= 0.3 is 6.09 Å². The van der Waals surface area contributed by atoms with Gasteiger partial charge in [0.25, 0.3) is 0 Å². The Labute approximate surface area is 122 Å². The molecule has 1 aliphatic rings. The van der Waals surface area contributed by atoms with Crippen molar-refractivity contribution >= 4 is 11.8 Å². The summed E-state index contributed by atoms with van der Waals surface area (Å²) in [6.07, 6.45) is 2.08. The van der Waals surface area contributed by atoms with Crippen molar-refractivity contribution in [2.24, 2.45) is 5.16 Å². The maximum Gasteiger partial charge on any atom is 0.415 e. The molecule has 1 aromatic rings. The molecule has 1 heterocycles. The van der Waals surface area contributed by atoms with Gasteiger partial charge < -0.3 is 14.5 Å². The van der Waals surface area contributed by atoms with E-state index in [-0.39, 0.29) is 12.3 Å². The molecule has 0 aromatic heterocycles. The van der Waals surface area contributed by atoms with E-state index in [0.29, 0.717) is 24.3 Å². The molecule has 1 aromatic carbocycles. The second-order valence-electron chi connectivity index (χ2n) is 4.35. The molecular weight excluding hydrogens is 270 g/mol. The van der Waals surface area contributed by atoms with Crippen molar-refractivity contribution in [1.29, 1.82) is 5.26 Å². The number of hydrogen-bond donors (Lipinski definition) is 0. The molecule has 0 radical (unpaired) electrons. The van der Waals surface area contributed by atoms with Gasteiger partial charge in [-0.2, -0.15) is 5.26 Å². The van der Waals surface area contributed by atoms with Crippen LogP contribution in [0.4, 0.5) is 4.79 Å². The molecule has 2 rings (SSSR count). The Morgan fingerprint density at radius 3 is 2.81 bits per heavy atom. The third kappa shape index (κ3) is 3.83. The second kappa shape index (κ2) is 7.10. The molecule has 6 nitrogen and oxygen atoms in total. The van der Waals surface area contributed by atoms with Crippen LogP contribution in [0.1, 0.15) is 6.42 Å². The van der Waals surface area contributed by atoms with Crippen LogP contribution in [0, 0.1) is 11.3 Å². The fourth-order valence-corrected chi connectivity index (χ4v) is 1.97. The molecule has 6 heteroatoms. The molecule has 0 bridgehead atoms. The zero-order valence-electron chi connectivity index (χ0n) is 11.7. The van der Waals surface area contributed by atoms with Gasteiger partial charge in [0.1, 0.15) is 18.9 Å². The Bertz CT molecular complexity index is 602. The number of nitrogens with zero attached hydrogens (tertiary/aromatic N) is 3. The first-order chi connectivity index (χ1) is 10.2. The number of hydrogen-bond acceptors (Lipinski definition) is 5. The average Bonchev–Trinajstić information content (AvgIpc) is 2.53. The Morgan fingerprint density at radius 1 is 1.38 bits per heavy atom. The van der Waals surface area contributed by atoms with E-state index in [4.69, 9.17) is 10.00 Å². The maximum absolute atomic E-state index is 12.1. The van der Waals surface area contributed by atoms with Crippen molar-refractivity contribution in [2.45, 2.75) is 6.42 Å². The highest BCUT2D eigenvalue weighted by Gasteiger charge is 2.22. The summed E-state index contributed by atoms with van der Waals surface area (Å²) in [5, 5.41) is 12.7. The van der Waals surface area contributed by atoms with Gasteiger partial charge in [0.05, 0.1) is 6.54 Å². The number of nitriles is 1. The van der Waals surface area contributed by atoms with Gasteiger partial charge in [0.15, 0.2) is 5.71 Å². The summed E-state index contributed by atoms with van der Waals surface area (Å²) in [5.74, 6) is 0.490. The molecule has 108 valence electrons. The van der Waals surface area contributed by atoms with Crippen LogP contribution in [0.2, 0.25) is 0 Å². The van der Waals surface area contributed by atoms with Crippen molar-refractivity contribution in [3.8, 4) is 11.8 Å². The minimum atomic E-state index is -0.443. The van der Waals surface area contributed by atoms with Crippen LogP contribution in [0.5, 0.6) is 5.75 Å². The summed E-state index contributed by atoms with van der Waals surface area (Å²) < 4.78 is 5.28. The van der Waals surface area contributed by atoms with Crippen molar-refractivity contribution in [3.63, 3.8) is 0 Å². The van der Waals surface area contributed by atoms with Gasteiger partial charge in [-0.1, -0.05) is 29.4 Å². The van der Waals surface area contributed by atoms with E-state index in [1.165, 1.54) is 12.0 Å². The maximum atomic E-state index is 12.1. The fraction of sp³-hybridized carbons (Fsp3) is 0.267. The molecule has 21 heavy (non-hydrogen) atoms. The lowest BCUT2D eigenvalue weighted by Crippen LogP contribution is -2.39. The van der Waals surface area contributed by atoms with Crippen LogP contribution in [0.15, 0.2) is 47.1 Å². The van der Waals surface area contributed by atoms with Crippen molar-refractivity contribution in [2.75, 3.05) is 20.2 Å². The van der Waals surface area contributed by atoms with E-state index in [0.717, 1.165) is 0 Å². The summed E-state index contributed by atoms with van der Waals surface area (Å²) in [4.78, 5) is 18.3. The van der Waals surface area contributed by atoms with Crippen molar-refractivity contribution in [3.05, 3.63) is 42.0 Å². The van der Waals surface area contributed by atoms with Crippen molar-refractivity contribution < 1.29 is 14.4 Å². The molecule has 0 atom stereocenters. The van der Waals surface area contributed by atoms with Gasteiger partial charge in [-0.05, 0) is 18.6 Å². The van der Waals surface area contributed by atoms with E-state index in [1.807, 2.05) is 18.2 Å². The normalized spacial score (nSPS) is 15.0. The van der Waals surface area contributed by atoms with E-state index in [2.05, 4.69) is 9.99 Å². The van der Waals surface area contributed by atoms with Crippen LogP contribution in [-0.2, 0) is 4.84 Å². The second-order valence-corrected chi connectivity index (χ2v) is 4.35. The Morgan fingerprint density at radius 2 is 2.14 bits per heavy atom. The SMILES string of the molecule is CON=C(C#N)C1=CCCN(C(=O)Oc2ccccc2)C1. The number of rotatable bonds is 3. The monoisotopic (exact) mass is 285 g/mol. The van der Waals surface area contributed by atoms with Crippen LogP contribution in [-0.4, -0.2) is 36.9 Å². The lowest BCUT2D eigenvalue weighted by atomic mass is 10.1. The summed E-state index contributed by atoms with van der Waals surface area (Å²) in [6.45, 7) is 0.822. The molecule has 1 aliphatic heterocycles. The van der Waals surface area contributed by atoms with Crippen LogP contribution >= 0.6 is 0 Å². The number of amides is 1. The minimum Gasteiger partial charge on any atom is -0.410 e. The third-order valence-corrected chi connectivity index (χ3v) is 2.95. The van der Waals surface area contributed by atoms with E-state index < -0.39 is 6.09 Å². The fourth-order valence-electron chi connectivity index (χ4n) is 1.97. The molecule has 0 fully saturated rings. The predicted molar refractivity (Wildman–Crippen MR) is 76.8 cm³/mol. The first kappa shape index (κ1) is 14.6. The number of oxime groups is 1. The number of para-hydroxylation sites is 1. The topological polar surface area (TPSA) is 74.9 Å². The first-order valence-electron chi connectivity index (χ1n) is 6.47.